The standard InChI is InChI=1S/C7H6ClS/c1-5-4-6(9)2-3-7(5)8/h2-4H,1H3. The van der Waals surface area contributed by atoms with Crippen LogP contribution in [0.4, 0.5) is 0 Å². The molecule has 0 aromatic heterocycles. The fourth-order valence-corrected chi connectivity index (χ4v) is 0.980. The zero-order valence-electron chi connectivity index (χ0n) is 5.02. The number of hydrogen-bond donors (Lipinski definition) is 0. The van der Waals surface area contributed by atoms with Gasteiger partial charge in [-0.3, -0.25) is 0 Å². The molecule has 0 amide bonds. The molecule has 0 spiro atoms. The van der Waals surface area contributed by atoms with Crippen molar-refractivity contribution in [3.63, 3.8) is 0 Å². The highest BCUT2D eigenvalue weighted by atomic mass is 35.5. The molecule has 0 aliphatic carbocycles. The second-order valence-electron chi connectivity index (χ2n) is 1.91. The first-order valence-electron chi connectivity index (χ1n) is 2.63. The van der Waals surface area contributed by atoms with Crippen LogP contribution in [0.1, 0.15) is 5.56 Å². The van der Waals surface area contributed by atoms with Crippen LogP contribution in [0.2, 0.25) is 5.02 Å². The summed E-state index contributed by atoms with van der Waals surface area (Å²) in [6.07, 6.45) is 0. The molecule has 1 aromatic carbocycles. The summed E-state index contributed by atoms with van der Waals surface area (Å²) in [5.74, 6) is 0. The quantitative estimate of drug-likeness (QED) is 0.543. The minimum atomic E-state index is 0.781. The molecule has 0 bridgehead atoms. The number of rotatable bonds is 0. The van der Waals surface area contributed by atoms with E-state index in [4.69, 9.17) is 24.2 Å². The molecule has 0 aliphatic heterocycles. The van der Waals surface area contributed by atoms with Gasteiger partial charge in [0.2, 0.25) is 0 Å². The van der Waals surface area contributed by atoms with E-state index in [0.717, 1.165) is 15.5 Å². The van der Waals surface area contributed by atoms with E-state index < -0.39 is 0 Å². The van der Waals surface area contributed by atoms with Crippen LogP contribution in [0.15, 0.2) is 23.1 Å². The molecule has 0 saturated carbocycles. The minimum absolute atomic E-state index is 0.781. The van der Waals surface area contributed by atoms with Gasteiger partial charge >= 0.3 is 0 Å². The highest BCUT2D eigenvalue weighted by Gasteiger charge is 1.92. The molecule has 47 valence electrons. The Morgan fingerprint density at radius 3 is 2.56 bits per heavy atom. The SMILES string of the molecule is Cc1cc([S])ccc1Cl. The van der Waals surface area contributed by atoms with Crippen LogP contribution in [0, 0.1) is 6.92 Å². The van der Waals surface area contributed by atoms with Crippen LogP contribution in [0.3, 0.4) is 0 Å². The average molecular weight is 158 g/mol. The second-order valence-corrected chi connectivity index (χ2v) is 2.79. The molecule has 1 aromatic rings. The molecule has 9 heavy (non-hydrogen) atoms. The van der Waals surface area contributed by atoms with Gasteiger partial charge in [0.1, 0.15) is 0 Å². The first kappa shape index (κ1) is 6.84. The second kappa shape index (κ2) is 2.54. The lowest BCUT2D eigenvalue weighted by atomic mass is 10.2. The Balaban J connectivity index is 3.17. The number of hydrogen-bond acceptors (Lipinski definition) is 0. The van der Waals surface area contributed by atoms with Crippen molar-refractivity contribution >= 4 is 24.2 Å². The first-order chi connectivity index (χ1) is 4.20. The Morgan fingerprint density at radius 2 is 2.11 bits per heavy atom. The number of benzene rings is 1. The van der Waals surface area contributed by atoms with Gasteiger partial charge in [0.15, 0.2) is 0 Å². The van der Waals surface area contributed by atoms with Crippen LogP contribution < -0.4 is 0 Å². The van der Waals surface area contributed by atoms with Crippen molar-refractivity contribution < 1.29 is 0 Å². The van der Waals surface area contributed by atoms with Crippen LogP contribution in [0.25, 0.3) is 0 Å². The fourth-order valence-electron chi connectivity index (χ4n) is 0.617. The Hall–Kier alpha value is -0.270. The van der Waals surface area contributed by atoms with Gasteiger partial charge in [-0.2, -0.15) is 0 Å². The maximum Gasteiger partial charge on any atom is 0.0436 e. The van der Waals surface area contributed by atoms with Crippen molar-refractivity contribution in [2.45, 2.75) is 11.8 Å². The summed E-state index contributed by atoms with van der Waals surface area (Å²) in [6.45, 7) is 1.94. The lowest BCUT2D eigenvalue weighted by Crippen LogP contribution is -1.72. The van der Waals surface area contributed by atoms with Crippen molar-refractivity contribution in [1.29, 1.82) is 0 Å². The Kier molecular flexibility index (Phi) is 1.94. The van der Waals surface area contributed by atoms with Crippen LogP contribution >= 0.6 is 24.2 Å². The normalized spacial score (nSPS) is 9.56. The van der Waals surface area contributed by atoms with E-state index >= 15 is 0 Å². The summed E-state index contributed by atoms with van der Waals surface area (Å²) in [7, 11) is 0. The summed E-state index contributed by atoms with van der Waals surface area (Å²) in [4.78, 5) is 0.844. The van der Waals surface area contributed by atoms with Gasteiger partial charge in [-0.15, -0.1) is 0 Å². The molecule has 0 fully saturated rings. The fraction of sp³-hybridized carbons (Fsp3) is 0.143. The molecule has 1 rings (SSSR count). The third-order valence-electron chi connectivity index (χ3n) is 1.13. The molecule has 0 aliphatic rings. The molecular weight excluding hydrogens is 152 g/mol. The molecule has 0 nitrogen and oxygen atoms in total. The maximum absolute atomic E-state index is 5.73. The van der Waals surface area contributed by atoms with E-state index in [-0.39, 0.29) is 0 Å². The molecule has 1 radical (unpaired) electrons. The van der Waals surface area contributed by atoms with Gasteiger partial charge in [0.05, 0.1) is 0 Å². The number of halogens is 1. The van der Waals surface area contributed by atoms with Gasteiger partial charge in [0.25, 0.3) is 0 Å². The van der Waals surface area contributed by atoms with Gasteiger partial charge in [-0.25, -0.2) is 0 Å². The lowest BCUT2D eigenvalue weighted by molar-refractivity contribution is 1.37. The smallest absolute Gasteiger partial charge is 0.0436 e. The highest BCUT2D eigenvalue weighted by Crippen LogP contribution is 2.17. The van der Waals surface area contributed by atoms with E-state index in [1.807, 2.05) is 25.1 Å². The lowest BCUT2D eigenvalue weighted by Gasteiger charge is -1.94. The minimum Gasteiger partial charge on any atom is -0.0841 e. The van der Waals surface area contributed by atoms with Crippen molar-refractivity contribution in [2.24, 2.45) is 0 Å². The third-order valence-corrected chi connectivity index (χ3v) is 1.81. The van der Waals surface area contributed by atoms with Crippen LogP contribution in [-0.4, -0.2) is 0 Å². The van der Waals surface area contributed by atoms with Crippen LogP contribution in [0.5, 0.6) is 0 Å². The Bertz CT molecular complexity index is 220. The van der Waals surface area contributed by atoms with Crippen molar-refractivity contribution in [1.82, 2.24) is 0 Å². The largest absolute Gasteiger partial charge is 0.0841 e. The average Bonchev–Trinajstić information content (AvgIpc) is 1.80. The molecule has 0 unspecified atom stereocenters. The molecule has 2 heteroatoms. The van der Waals surface area contributed by atoms with Crippen molar-refractivity contribution in [3.8, 4) is 0 Å². The Labute approximate surface area is 65.3 Å². The molecule has 0 heterocycles. The maximum atomic E-state index is 5.73. The summed E-state index contributed by atoms with van der Waals surface area (Å²) in [5.41, 5.74) is 1.05. The summed E-state index contributed by atoms with van der Waals surface area (Å²) < 4.78 is 0. The van der Waals surface area contributed by atoms with Gasteiger partial charge in [-0.05, 0) is 30.7 Å². The summed E-state index contributed by atoms with van der Waals surface area (Å²) >= 11 is 10.6. The van der Waals surface area contributed by atoms with Gasteiger partial charge < -0.3 is 0 Å². The van der Waals surface area contributed by atoms with Crippen molar-refractivity contribution in [2.75, 3.05) is 0 Å². The highest BCUT2D eigenvalue weighted by molar-refractivity contribution is 7.80. The summed E-state index contributed by atoms with van der Waals surface area (Å²) in [5, 5.41) is 0.781. The topological polar surface area (TPSA) is 0 Å². The zero-order valence-corrected chi connectivity index (χ0v) is 6.59. The molecule has 0 N–H and O–H groups in total. The molecule has 0 saturated heterocycles. The molecular formula is C7H6ClS. The van der Waals surface area contributed by atoms with E-state index in [1.165, 1.54) is 0 Å². The summed E-state index contributed by atoms with van der Waals surface area (Å²) in [6, 6.07) is 5.53. The van der Waals surface area contributed by atoms with Gasteiger partial charge in [-0.1, -0.05) is 24.2 Å². The predicted molar refractivity (Wildman–Crippen MR) is 42.0 cm³/mol. The number of aryl methyl sites for hydroxylation is 1. The van der Waals surface area contributed by atoms with E-state index in [9.17, 15) is 0 Å². The predicted octanol–water partition coefficient (Wildman–Crippen LogP) is 3.20. The molecule has 0 atom stereocenters. The van der Waals surface area contributed by atoms with E-state index in [0.29, 0.717) is 0 Å². The van der Waals surface area contributed by atoms with Crippen molar-refractivity contribution in [3.05, 3.63) is 28.8 Å². The van der Waals surface area contributed by atoms with E-state index in [1.54, 1.807) is 0 Å². The first-order valence-corrected chi connectivity index (χ1v) is 3.42. The monoisotopic (exact) mass is 157 g/mol. The zero-order chi connectivity index (χ0) is 6.85. The third kappa shape index (κ3) is 1.57. The van der Waals surface area contributed by atoms with Gasteiger partial charge in [0, 0.05) is 9.92 Å². The van der Waals surface area contributed by atoms with Crippen LogP contribution in [-0.2, 0) is 0 Å². The Morgan fingerprint density at radius 1 is 1.44 bits per heavy atom. The van der Waals surface area contributed by atoms with E-state index in [2.05, 4.69) is 0 Å².